The smallest absolute Gasteiger partial charge is 0.146 e. The van der Waals surface area contributed by atoms with Crippen LogP contribution < -0.4 is 5.73 Å². The van der Waals surface area contributed by atoms with Crippen LogP contribution in [-0.2, 0) is 13.1 Å². The molecule has 0 saturated carbocycles. The van der Waals surface area contributed by atoms with Gasteiger partial charge in [0.15, 0.2) is 0 Å². The molecule has 2 N–H and O–H groups in total. The molecule has 1 aromatic carbocycles. The van der Waals surface area contributed by atoms with E-state index in [-0.39, 0.29) is 0 Å². The Bertz CT molecular complexity index is 680. The lowest BCUT2D eigenvalue weighted by Gasteiger charge is -2.06. The number of benzene rings is 1. The van der Waals surface area contributed by atoms with Crippen molar-refractivity contribution in [3.05, 3.63) is 42.6 Å². The van der Waals surface area contributed by atoms with Gasteiger partial charge in [-0.1, -0.05) is 0 Å². The van der Waals surface area contributed by atoms with Gasteiger partial charge in [0.1, 0.15) is 12.2 Å². The van der Waals surface area contributed by atoms with Gasteiger partial charge >= 0.3 is 0 Å². The molecule has 2 aromatic heterocycles. The van der Waals surface area contributed by atoms with Crippen LogP contribution >= 0.6 is 0 Å². The van der Waals surface area contributed by atoms with Gasteiger partial charge in [-0.05, 0) is 31.2 Å². The number of anilines is 1. The number of aryl methyl sites for hydroxylation is 1. The van der Waals surface area contributed by atoms with E-state index in [0.29, 0.717) is 0 Å². The molecule has 2 heterocycles. The molecule has 0 fully saturated rings. The lowest BCUT2D eigenvalue weighted by molar-refractivity contribution is 0.597. The number of fused-ring (bicyclic) bond motifs is 1. The van der Waals surface area contributed by atoms with Crippen LogP contribution in [0.4, 0.5) is 5.69 Å². The quantitative estimate of drug-likeness (QED) is 0.712. The molecule has 0 bridgehead atoms. The predicted octanol–water partition coefficient (Wildman–Crippen LogP) is 1.88. The second kappa shape index (κ2) is 4.18. The second-order valence-corrected chi connectivity index (χ2v) is 4.25. The first-order chi connectivity index (χ1) is 8.78. The van der Waals surface area contributed by atoms with Crippen molar-refractivity contribution in [3.63, 3.8) is 0 Å². The molecule has 5 nitrogen and oxygen atoms in total. The summed E-state index contributed by atoms with van der Waals surface area (Å²) >= 11 is 0. The van der Waals surface area contributed by atoms with Crippen molar-refractivity contribution in [1.82, 2.24) is 19.3 Å². The molecule has 0 aliphatic heterocycles. The van der Waals surface area contributed by atoms with Crippen molar-refractivity contribution in [2.24, 2.45) is 0 Å². The molecular formula is C13H15N5. The number of nitrogen functional groups attached to an aromatic ring is 1. The van der Waals surface area contributed by atoms with E-state index in [2.05, 4.69) is 33.8 Å². The number of nitrogens with zero attached hydrogens (tertiary/aromatic N) is 4. The Kier molecular flexibility index (Phi) is 2.51. The molecular weight excluding hydrogens is 226 g/mol. The number of aromatic nitrogens is 4. The van der Waals surface area contributed by atoms with E-state index in [0.717, 1.165) is 35.5 Å². The second-order valence-electron chi connectivity index (χ2n) is 4.25. The van der Waals surface area contributed by atoms with E-state index in [1.807, 2.05) is 22.9 Å². The summed E-state index contributed by atoms with van der Waals surface area (Å²) in [7, 11) is 0. The van der Waals surface area contributed by atoms with E-state index < -0.39 is 0 Å². The van der Waals surface area contributed by atoms with E-state index in [1.165, 1.54) is 0 Å². The molecule has 0 radical (unpaired) electrons. The zero-order valence-corrected chi connectivity index (χ0v) is 10.2. The van der Waals surface area contributed by atoms with Crippen molar-refractivity contribution in [1.29, 1.82) is 0 Å². The Morgan fingerprint density at radius 1 is 1.28 bits per heavy atom. The summed E-state index contributed by atoms with van der Waals surface area (Å²) in [5.41, 5.74) is 7.73. The maximum Gasteiger partial charge on any atom is 0.146 e. The van der Waals surface area contributed by atoms with Gasteiger partial charge in [0.05, 0.1) is 6.54 Å². The monoisotopic (exact) mass is 241 g/mol. The van der Waals surface area contributed by atoms with Gasteiger partial charge < -0.3 is 10.3 Å². The summed E-state index contributed by atoms with van der Waals surface area (Å²) in [6, 6.07) is 8.01. The largest absolute Gasteiger partial charge is 0.399 e. The fourth-order valence-electron chi connectivity index (χ4n) is 2.18. The standard InChI is InChI=1S/C13H15N5/c1-2-18-13(15-9-16-18)8-17-6-5-10-7-11(14)3-4-12(10)17/h3-7,9H,2,8,14H2,1H3. The minimum absolute atomic E-state index is 0.723. The Balaban J connectivity index is 2.00. The molecule has 0 amide bonds. The number of hydrogen-bond acceptors (Lipinski definition) is 3. The molecule has 0 spiro atoms. The Morgan fingerprint density at radius 3 is 3.00 bits per heavy atom. The zero-order valence-electron chi connectivity index (χ0n) is 10.2. The average molecular weight is 241 g/mol. The van der Waals surface area contributed by atoms with Gasteiger partial charge in [-0.2, -0.15) is 5.10 Å². The van der Waals surface area contributed by atoms with Crippen LogP contribution in [0.15, 0.2) is 36.8 Å². The molecule has 0 saturated heterocycles. The fourth-order valence-corrected chi connectivity index (χ4v) is 2.18. The van der Waals surface area contributed by atoms with E-state index in [9.17, 15) is 0 Å². The highest BCUT2D eigenvalue weighted by molar-refractivity contribution is 5.83. The van der Waals surface area contributed by atoms with Crippen LogP contribution in [0.2, 0.25) is 0 Å². The molecule has 5 heteroatoms. The summed E-state index contributed by atoms with van der Waals surface area (Å²) < 4.78 is 4.06. The lowest BCUT2D eigenvalue weighted by Crippen LogP contribution is -2.08. The molecule has 3 aromatic rings. The van der Waals surface area contributed by atoms with Crippen molar-refractivity contribution < 1.29 is 0 Å². The third-order valence-electron chi connectivity index (χ3n) is 3.10. The van der Waals surface area contributed by atoms with Gasteiger partial charge in [-0.3, -0.25) is 0 Å². The first kappa shape index (κ1) is 10.8. The maximum atomic E-state index is 5.78. The highest BCUT2D eigenvalue weighted by Gasteiger charge is 2.06. The fraction of sp³-hybridized carbons (Fsp3) is 0.231. The van der Waals surface area contributed by atoms with E-state index in [4.69, 9.17) is 5.73 Å². The predicted molar refractivity (Wildman–Crippen MR) is 71.1 cm³/mol. The third kappa shape index (κ3) is 1.73. The van der Waals surface area contributed by atoms with Crippen LogP contribution in [-0.4, -0.2) is 19.3 Å². The minimum atomic E-state index is 0.723. The highest BCUT2D eigenvalue weighted by atomic mass is 15.3. The molecule has 92 valence electrons. The van der Waals surface area contributed by atoms with Gasteiger partial charge in [0.25, 0.3) is 0 Å². The van der Waals surface area contributed by atoms with Gasteiger partial charge in [0, 0.05) is 29.3 Å². The van der Waals surface area contributed by atoms with Crippen LogP contribution in [0.1, 0.15) is 12.7 Å². The van der Waals surface area contributed by atoms with Crippen LogP contribution in [0.25, 0.3) is 10.9 Å². The topological polar surface area (TPSA) is 61.7 Å². The summed E-state index contributed by atoms with van der Waals surface area (Å²) in [5, 5.41) is 5.33. The van der Waals surface area contributed by atoms with E-state index >= 15 is 0 Å². The summed E-state index contributed by atoms with van der Waals surface area (Å²) in [5.74, 6) is 0.965. The average Bonchev–Trinajstić information content (AvgIpc) is 2.96. The van der Waals surface area contributed by atoms with Gasteiger partial charge in [-0.15, -0.1) is 0 Å². The van der Waals surface area contributed by atoms with Gasteiger partial charge in [0.2, 0.25) is 0 Å². The van der Waals surface area contributed by atoms with Crippen LogP contribution in [0.5, 0.6) is 0 Å². The molecule has 0 unspecified atom stereocenters. The summed E-state index contributed by atoms with van der Waals surface area (Å²) in [4.78, 5) is 4.29. The maximum absolute atomic E-state index is 5.78. The normalized spacial score (nSPS) is 11.2. The molecule has 0 atom stereocenters. The first-order valence-corrected chi connectivity index (χ1v) is 5.99. The number of hydrogen-bond donors (Lipinski definition) is 1. The SMILES string of the molecule is CCn1ncnc1Cn1ccc2cc(N)ccc21. The van der Waals surface area contributed by atoms with Crippen LogP contribution in [0.3, 0.4) is 0 Å². The Morgan fingerprint density at radius 2 is 2.17 bits per heavy atom. The highest BCUT2D eigenvalue weighted by Crippen LogP contribution is 2.19. The van der Waals surface area contributed by atoms with Crippen molar-refractivity contribution >= 4 is 16.6 Å². The summed E-state index contributed by atoms with van der Waals surface area (Å²) in [6.45, 7) is 3.62. The Labute approximate surface area is 105 Å². The van der Waals surface area contributed by atoms with E-state index in [1.54, 1.807) is 6.33 Å². The number of rotatable bonds is 3. The Hall–Kier alpha value is -2.30. The molecule has 18 heavy (non-hydrogen) atoms. The van der Waals surface area contributed by atoms with Crippen molar-refractivity contribution in [2.75, 3.05) is 5.73 Å². The molecule has 3 rings (SSSR count). The van der Waals surface area contributed by atoms with Crippen LogP contribution in [0, 0.1) is 0 Å². The lowest BCUT2D eigenvalue weighted by atomic mass is 10.2. The zero-order chi connectivity index (χ0) is 12.5. The summed E-state index contributed by atoms with van der Waals surface area (Å²) in [6.07, 6.45) is 3.65. The van der Waals surface area contributed by atoms with Crippen molar-refractivity contribution in [3.8, 4) is 0 Å². The third-order valence-corrected chi connectivity index (χ3v) is 3.10. The van der Waals surface area contributed by atoms with Gasteiger partial charge in [-0.25, -0.2) is 9.67 Å². The first-order valence-electron chi connectivity index (χ1n) is 5.99. The van der Waals surface area contributed by atoms with Crippen molar-refractivity contribution in [2.45, 2.75) is 20.0 Å². The molecule has 0 aliphatic rings. The number of nitrogens with two attached hydrogens (primary N) is 1. The molecule has 0 aliphatic carbocycles. The minimum Gasteiger partial charge on any atom is -0.399 e.